The highest BCUT2D eigenvalue weighted by Gasteiger charge is 2.58. The molecule has 0 amide bonds. The molecule has 2 rings (SSSR count). The highest BCUT2D eigenvalue weighted by molar-refractivity contribution is 6.74. The van der Waals surface area contributed by atoms with Crippen molar-refractivity contribution in [2.24, 2.45) is 11.3 Å². The molecule has 0 spiro atoms. The fraction of sp³-hybridized carbons (Fsp3) is 0.812. The van der Waals surface area contributed by atoms with E-state index in [1.807, 2.05) is 0 Å². The van der Waals surface area contributed by atoms with Crippen LogP contribution in [0.15, 0.2) is 12.2 Å². The van der Waals surface area contributed by atoms with Crippen LogP contribution in [0, 0.1) is 11.3 Å². The summed E-state index contributed by atoms with van der Waals surface area (Å²) in [6, 6.07) is 0. The van der Waals surface area contributed by atoms with Crippen molar-refractivity contribution in [2.75, 3.05) is 0 Å². The SMILES string of the molecule is C=C1[C@@H]2C(=O)O[C@@H](C[C@H]1O[Si](C)(C)C(C)(C)C)C2(C)C. The maximum atomic E-state index is 12.1. The number of esters is 1. The summed E-state index contributed by atoms with van der Waals surface area (Å²) in [7, 11) is -1.86. The predicted molar refractivity (Wildman–Crippen MR) is 83.0 cm³/mol. The zero-order valence-corrected chi connectivity index (χ0v) is 14.9. The van der Waals surface area contributed by atoms with Gasteiger partial charge in [0.15, 0.2) is 8.32 Å². The lowest BCUT2D eigenvalue weighted by molar-refractivity contribution is -0.143. The van der Waals surface area contributed by atoms with Crippen LogP contribution in [0.2, 0.25) is 18.1 Å². The number of carbonyl (C=O) groups is 1. The maximum absolute atomic E-state index is 12.1. The molecule has 3 nitrogen and oxygen atoms in total. The molecule has 114 valence electrons. The number of rotatable bonds is 2. The van der Waals surface area contributed by atoms with Gasteiger partial charge in [-0.15, -0.1) is 0 Å². The van der Waals surface area contributed by atoms with Crippen molar-refractivity contribution in [3.8, 4) is 0 Å². The minimum Gasteiger partial charge on any atom is -0.461 e. The molecule has 0 aromatic rings. The zero-order chi connectivity index (χ0) is 15.5. The van der Waals surface area contributed by atoms with Gasteiger partial charge < -0.3 is 9.16 Å². The smallest absolute Gasteiger partial charge is 0.314 e. The Bertz CT molecular complexity index is 445. The third-order valence-electron chi connectivity index (χ3n) is 5.52. The summed E-state index contributed by atoms with van der Waals surface area (Å²) in [5, 5.41) is 0.157. The predicted octanol–water partition coefficient (Wildman–Crippen LogP) is 3.90. The van der Waals surface area contributed by atoms with Crippen molar-refractivity contribution < 1.29 is 14.0 Å². The largest absolute Gasteiger partial charge is 0.461 e. The fourth-order valence-electron chi connectivity index (χ4n) is 3.02. The summed E-state index contributed by atoms with van der Waals surface area (Å²) in [6.07, 6.45) is 0.672. The van der Waals surface area contributed by atoms with Crippen molar-refractivity contribution in [3.05, 3.63) is 12.2 Å². The van der Waals surface area contributed by atoms with Crippen LogP contribution in [-0.4, -0.2) is 26.5 Å². The molecule has 2 bridgehead atoms. The Morgan fingerprint density at radius 3 is 2.40 bits per heavy atom. The Morgan fingerprint density at radius 2 is 1.90 bits per heavy atom. The Morgan fingerprint density at radius 1 is 1.35 bits per heavy atom. The van der Waals surface area contributed by atoms with Gasteiger partial charge in [-0.25, -0.2) is 0 Å². The van der Waals surface area contributed by atoms with E-state index in [-0.39, 0.29) is 34.5 Å². The van der Waals surface area contributed by atoms with Crippen LogP contribution in [0.3, 0.4) is 0 Å². The maximum Gasteiger partial charge on any atom is 0.314 e. The van der Waals surface area contributed by atoms with Crippen molar-refractivity contribution >= 4 is 14.3 Å². The molecule has 0 radical (unpaired) electrons. The number of ether oxygens (including phenoxy) is 1. The third-order valence-corrected chi connectivity index (χ3v) is 10.0. The number of carbonyl (C=O) groups excluding carboxylic acids is 1. The Labute approximate surface area is 123 Å². The minimum atomic E-state index is -1.86. The molecule has 1 saturated carbocycles. The molecule has 0 aromatic carbocycles. The quantitative estimate of drug-likeness (QED) is 0.440. The summed E-state index contributed by atoms with van der Waals surface area (Å²) in [6.45, 7) is 19.5. The van der Waals surface area contributed by atoms with Crippen LogP contribution in [0.25, 0.3) is 0 Å². The lowest BCUT2D eigenvalue weighted by atomic mass is 9.66. The molecule has 20 heavy (non-hydrogen) atoms. The zero-order valence-electron chi connectivity index (χ0n) is 13.9. The second-order valence-electron chi connectivity index (χ2n) is 8.36. The highest BCUT2D eigenvalue weighted by Crippen LogP contribution is 2.52. The lowest BCUT2D eigenvalue weighted by Crippen LogP contribution is -2.49. The van der Waals surface area contributed by atoms with Crippen LogP contribution in [0.5, 0.6) is 0 Å². The molecule has 2 aliphatic rings. The fourth-order valence-corrected chi connectivity index (χ4v) is 4.33. The Balaban J connectivity index is 2.22. The van der Waals surface area contributed by atoms with Crippen molar-refractivity contribution in [1.29, 1.82) is 0 Å². The molecule has 1 aliphatic carbocycles. The van der Waals surface area contributed by atoms with E-state index in [0.29, 0.717) is 0 Å². The molecule has 1 aliphatic heterocycles. The van der Waals surface area contributed by atoms with Crippen molar-refractivity contribution in [3.63, 3.8) is 0 Å². The van der Waals surface area contributed by atoms with Gasteiger partial charge in [0, 0.05) is 11.8 Å². The van der Waals surface area contributed by atoms with E-state index in [9.17, 15) is 4.79 Å². The second-order valence-corrected chi connectivity index (χ2v) is 13.1. The molecule has 4 heteroatoms. The van der Waals surface area contributed by atoms with Crippen LogP contribution in [-0.2, 0) is 14.0 Å². The van der Waals surface area contributed by atoms with Gasteiger partial charge in [0.05, 0.1) is 12.0 Å². The monoisotopic (exact) mass is 296 g/mol. The first-order valence-corrected chi connectivity index (χ1v) is 10.4. The van der Waals surface area contributed by atoms with Gasteiger partial charge >= 0.3 is 5.97 Å². The van der Waals surface area contributed by atoms with E-state index in [1.165, 1.54) is 0 Å². The first kappa shape index (κ1) is 15.8. The molecule has 2 fully saturated rings. The summed E-state index contributed by atoms with van der Waals surface area (Å²) < 4.78 is 12.0. The van der Waals surface area contributed by atoms with E-state index >= 15 is 0 Å². The molecular weight excluding hydrogens is 268 g/mol. The molecule has 1 saturated heterocycles. The van der Waals surface area contributed by atoms with E-state index < -0.39 is 8.32 Å². The number of fused-ring (bicyclic) bond motifs is 2. The Kier molecular flexibility index (Phi) is 3.50. The molecular formula is C16H28O3Si. The standard InChI is InChI=1S/C16H28O3Si/c1-10-11(19-20(7,8)15(2,3)4)9-12-16(5,6)13(10)14(17)18-12/h11-13H,1,9H2,2-8H3/t11-,12+,13-/m1/s1. The van der Waals surface area contributed by atoms with Gasteiger partial charge in [-0.05, 0) is 23.7 Å². The Hall–Kier alpha value is -0.613. The molecule has 3 atom stereocenters. The normalized spacial score (nSPS) is 33.2. The average Bonchev–Trinajstić information content (AvgIpc) is 2.36. The van der Waals surface area contributed by atoms with Gasteiger partial charge in [-0.1, -0.05) is 41.2 Å². The lowest BCUT2D eigenvalue weighted by Gasteiger charge is -2.45. The van der Waals surface area contributed by atoms with Crippen LogP contribution >= 0.6 is 0 Å². The van der Waals surface area contributed by atoms with Crippen molar-refractivity contribution in [1.82, 2.24) is 0 Å². The van der Waals surface area contributed by atoms with Crippen LogP contribution in [0.1, 0.15) is 41.0 Å². The molecule has 0 N–H and O–H groups in total. The van der Waals surface area contributed by atoms with E-state index in [4.69, 9.17) is 9.16 Å². The number of hydrogen-bond acceptors (Lipinski definition) is 3. The first-order valence-electron chi connectivity index (χ1n) is 7.45. The summed E-state index contributed by atoms with van der Waals surface area (Å²) >= 11 is 0. The summed E-state index contributed by atoms with van der Waals surface area (Å²) in [5.41, 5.74) is 0.764. The molecule has 1 heterocycles. The highest BCUT2D eigenvalue weighted by atomic mass is 28.4. The van der Waals surface area contributed by atoms with Gasteiger partial charge in [-0.2, -0.15) is 0 Å². The van der Waals surface area contributed by atoms with Crippen LogP contribution < -0.4 is 0 Å². The summed E-state index contributed by atoms with van der Waals surface area (Å²) in [5.74, 6) is -0.331. The second kappa shape index (κ2) is 4.44. The van der Waals surface area contributed by atoms with Gasteiger partial charge in [0.2, 0.25) is 0 Å². The molecule has 0 unspecified atom stereocenters. The van der Waals surface area contributed by atoms with Gasteiger partial charge in [-0.3, -0.25) is 4.79 Å². The number of hydrogen-bond donors (Lipinski definition) is 0. The third kappa shape index (κ3) is 2.27. The van der Waals surface area contributed by atoms with Crippen molar-refractivity contribution in [2.45, 2.75) is 71.4 Å². The van der Waals surface area contributed by atoms with Gasteiger partial charge in [0.1, 0.15) is 6.10 Å². The average molecular weight is 296 g/mol. The first-order chi connectivity index (χ1) is 8.88. The molecule has 0 aromatic heterocycles. The van der Waals surface area contributed by atoms with Gasteiger partial charge in [0.25, 0.3) is 0 Å². The minimum absolute atomic E-state index is 0.0367. The summed E-state index contributed by atoms with van der Waals surface area (Å²) in [4.78, 5) is 12.1. The van der Waals surface area contributed by atoms with E-state index in [1.54, 1.807) is 0 Å². The van der Waals surface area contributed by atoms with Crippen LogP contribution in [0.4, 0.5) is 0 Å². The van der Waals surface area contributed by atoms with E-state index in [2.05, 4.69) is 54.3 Å². The van der Waals surface area contributed by atoms with E-state index in [0.717, 1.165) is 12.0 Å². The topological polar surface area (TPSA) is 35.5 Å².